The first-order valence-electron chi connectivity index (χ1n) is 8.45. The molecule has 0 radical (unpaired) electrons. The Balaban J connectivity index is 1.75. The van der Waals surface area contributed by atoms with E-state index in [9.17, 15) is 4.79 Å². The third-order valence-electron chi connectivity index (χ3n) is 3.95. The zero-order valence-electron chi connectivity index (χ0n) is 15.1. The van der Waals surface area contributed by atoms with Crippen LogP contribution in [0.15, 0.2) is 71.9 Å². The Hall–Kier alpha value is -2.27. The van der Waals surface area contributed by atoms with Gasteiger partial charge in [0.25, 0.3) is 0 Å². The number of carbonyl (C=O) groups excluding carboxylic acids is 1. The van der Waals surface area contributed by atoms with E-state index in [1.807, 2.05) is 36.4 Å². The predicted molar refractivity (Wildman–Crippen MR) is 117 cm³/mol. The maximum absolute atomic E-state index is 12.4. The highest BCUT2D eigenvalue weighted by Gasteiger charge is 2.07. The van der Waals surface area contributed by atoms with Gasteiger partial charge >= 0.3 is 0 Å². The number of nitrogens with zero attached hydrogens (tertiary/aromatic N) is 1. The van der Waals surface area contributed by atoms with Gasteiger partial charge in [-0.1, -0.05) is 41.4 Å². The van der Waals surface area contributed by atoms with Crippen molar-refractivity contribution >= 4 is 46.8 Å². The minimum absolute atomic E-state index is 0.140. The van der Waals surface area contributed by atoms with Crippen molar-refractivity contribution in [3.63, 3.8) is 0 Å². The van der Waals surface area contributed by atoms with E-state index in [1.54, 1.807) is 49.3 Å². The lowest BCUT2D eigenvalue weighted by Gasteiger charge is -2.09. The monoisotopic (exact) mass is 429 g/mol. The van der Waals surface area contributed by atoms with E-state index in [1.165, 1.54) is 6.08 Å². The van der Waals surface area contributed by atoms with Gasteiger partial charge in [0, 0.05) is 23.1 Å². The fraction of sp³-hybridized carbons (Fsp3) is 0.0909. The van der Waals surface area contributed by atoms with Gasteiger partial charge in [0.05, 0.1) is 22.2 Å². The number of pyridine rings is 1. The highest BCUT2D eigenvalue weighted by Crippen LogP contribution is 2.28. The highest BCUT2D eigenvalue weighted by molar-refractivity contribution is 7.98. The molecular weight excluding hydrogens is 413 g/mol. The van der Waals surface area contributed by atoms with Gasteiger partial charge in [0.1, 0.15) is 5.75 Å². The largest absolute Gasteiger partial charge is 0.496 e. The smallest absolute Gasteiger partial charge is 0.185 e. The fourth-order valence-electron chi connectivity index (χ4n) is 2.52. The molecule has 0 N–H and O–H groups in total. The summed E-state index contributed by atoms with van der Waals surface area (Å²) in [6, 6.07) is 16.5. The Morgan fingerprint density at radius 3 is 2.68 bits per heavy atom. The Kier molecular flexibility index (Phi) is 7.15. The van der Waals surface area contributed by atoms with Crippen LogP contribution < -0.4 is 4.74 Å². The molecule has 0 unspecified atom stereocenters. The average Bonchev–Trinajstić information content (AvgIpc) is 2.73. The van der Waals surface area contributed by atoms with Crippen LogP contribution >= 0.6 is 35.0 Å². The normalized spacial score (nSPS) is 11.0. The van der Waals surface area contributed by atoms with Crippen LogP contribution in [-0.2, 0) is 5.75 Å². The Labute approximate surface area is 178 Å². The molecule has 3 nitrogen and oxygen atoms in total. The molecule has 0 aliphatic carbocycles. The van der Waals surface area contributed by atoms with E-state index in [2.05, 4.69) is 4.98 Å². The highest BCUT2D eigenvalue weighted by atomic mass is 35.5. The van der Waals surface area contributed by atoms with E-state index in [4.69, 9.17) is 27.9 Å². The quantitative estimate of drug-likeness (QED) is 0.241. The second-order valence-electron chi connectivity index (χ2n) is 5.85. The molecule has 0 spiro atoms. The number of ether oxygens (including phenoxy) is 1. The van der Waals surface area contributed by atoms with E-state index in [0.717, 1.165) is 21.9 Å². The number of methoxy groups -OCH3 is 1. The van der Waals surface area contributed by atoms with Gasteiger partial charge in [-0.25, -0.2) is 4.98 Å². The van der Waals surface area contributed by atoms with Crippen molar-refractivity contribution in [3.8, 4) is 5.75 Å². The van der Waals surface area contributed by atoms with Crippen molar-refractivity contribution in [1.29, 1.82) is 0 Å². The number of benzene rings is 2. The lowest BCUT2D eigenvalue weighted by atomic mass is 10.1. The first kappa shape index (κ1) is 20.5. The SMILES string of the molecule is COc1ccc(/C=C/C(=O)c2ccc(Cl)c(Cl)c2)cc1CSc1ccccn1. The van der Waals surface area contributed by atoms with Gasteiger partial charge in [0.15, 0.2) is 5.78 Å². The van der Waals surface area contributed by atoms with Crippen LogP contribution in [0, 0.1) is 0 Å². The summed E-state index contributed by atoms with van der Waals surface area (Å²) in [5.74, 6) is 1.37. The summed E-state index contributed by atoms with van der Waals surface area (Å²) in [5, 5.41) is 1.73. The number of halogens is 2. The summed E-state index contributed by atoms with van der Waals surface area (Å²) in [5.41, 5.74) is 2.43. The van der Waals surface area contributed by atoms with Crippen molar-refractivity contribution in [2.24, 2.45) is 0 Å². The van der Waals surface area contributed by atoms with Gasteiger partial charge in [-0.15, -0.1) is 11.8 Å². The molecule has 142 valence electrons. The minimum Gasteiger partial charge on any atom is -0.496 e. The number of ketones is 1. The third kappa shape index (κ3) is 5.38. The molecule has 2 aromatic carbocycles. The van der Waals surface area contributed by atoms with Gasteiger partial charge < -0.3 is 4.74 Å². The number of rotatable bonds is 7. The number of thioether (sulfide) groups is 1. The van der Waals surface area contributed by atoms with Crippen LogP contribution in [0.4, 0.5) is 0 Å². The predicted octanol–water partition coefficient (Wildman–Crippen LogP) is 6.59. The van der Waals surface area contributed by atoms with E-state index in [-0.39, 0.29) is 5.78 Å². The van der Waals surface area contributed by atoms with E-state index >= 15 is 0 Å². The number of allylic oxidation sites excluding steroid dienone is 1. The molecule has 0 aliphatic rings. The van der Waals surface area contributed by atoms with Gasteiger partial charge in [0.2, 0.25) is 0 Å². The number of hydrogen-bond donors (Lipinski definition) is 0. The molecule has 28 heavy (non-hydrogen) atoms. The maximum Gasteiger partial charge on any atom is 0.185 e. The summed E-state index contributed by atoms with van der Waals surface area (Å²) in [6.07, 6.45) is 5.07. The van der Waals surface area contributed by atoms with Crippen LogP contribution in [0.5, 0.6) is 5.75 Å². The second kappa shape index (κ2) is 9.78. The lowest BCUT2D eigenvalue weighted by molar-refractivity contribution is 0.104. The molecule has 0 amide bonds. The van der Waals surface area contributed by atoms with Crippen molar-refractivity contribution in [2.45, 2.75) is 10.8 Å². The molecular formula is C22H17Cl2NO2S. The van der Waals surface area contributed by atoms with Crippen LogP contribution in [0.2, 0.25) is 10.0 Å². The molecule has 0 aliphatic heterocycles. The summed E-state index contributed by atoms with van der Waals surface area (Å²) in [7, 11) is 1.65. The first-order valence-corrected chi connectivity index (χ1v) is 10.2. The minimum atomic E-state index is -0.140. The van der Waals surface area contributed by atoms with Gasteiger partial charge in [-0.3, -0.25) is 4.79 Å². The zero-order chi connectivity index (χ0) is 19.9. The number of carbonyl (C=O) groups is 1. The van der Waals surface area contributed by atoms with E-state index < -0.39 is 0 Å². The van der Waals surface area contributed by atoms with Crippen molar-refractivity contribution in [3.05, 3.63) is 93.6 Å². The molecule has 1 heterocycles. The fourth-order valence-corrected chi connectivity index (χ4v) is 3.65. The zero-order valence-corrected chi connectivity index (χ0v) is 17.4. The Bertz CT molecular complexity index is 1010. The van der Waals surface area contributed by atoms with Crippen LogP contribution in [0.25, 0.3) is 6.08 Å². The van der Waals surface area contributed by atoms with Crippen LogP contribution in [0.3, 0.4) is 0 Å². The van der Waals surface area contributed by atoms with Crippen molar-refractivity contribution < 1.29 is 9.53 Å². The summed E-state index contributed by atoms with van der Waals surface area (Å²) < 4.78 is 5.46. The molecule has 0 atom stereocenters. The second-order valence-corrected chi connectivity index (χ2v) is 7.66. The molecule has 6 heteroatoms. The Morgan fingerprint density at radius 2 is 1.96 bits per heavy atom. The standard InChI is InChI=1S/C22H17Cl2NO2S/c1-27-21-10-6-15(12-17(21)14-28-22-4-2-3-11-25-22)5-9-20(26)16-7-8-18(23)19(24)13-16/h2-13H,14H2,1H3/b9-5+. The molecule has 3 aromatic rings. The first-order chi connectivity index (χ1) is 13.6. The topological polar surface area (TPSA) is 39.2 Å². The summed E-state index contributed by atoms with van der Waals surface area (Å²) >= 11 is 13.5. The molecule has 0 saturated carbocycles. The lowest BCUT2D eigenvalue weighted by Crippen LogP contribution is -1.95. The summed E-state index contributed by atoms with van der Waals surface area (Å²) in [6.45, 7) is 0. The number of hydrogen-bond acceptors (Lipinski definition) is 4. The molecule has 3 rings (SSSR count). The van der Waals surface area contributed by atoms with Crippen molar-refractivity contribution in [1.82, 2.24) is 4.98 Å². The van der Waals surface area contributed by atoms with Crippen LogP contribution in [-0.4, -0.2) is 17.9 Å². The van der Waals surface area contributed by atoms with Gasteiger partial charge in [-0.05, 0) is 54.1 Å². The summed E-state index contributed by atoms with van der Waals surface area (Å²) in [4.78, 5) is 16.7. The molecule has 0 bridgehead atoms. The Morgan fingerprint density at radius 1 is 1.11 bits per heavy atom. The van der Waals surface area contributed by atoms with E-state index in [0.29, 0.717) is 21.4 Å². The number of aromatic nitrogens is 1. The molecule has 0 saturated heterocycles. The van der Waals surface area contributed by atoms with Gasteiger partial charge in [-0.2, -0.15) is 0 Å². The van der Waals surface area contributed by atoms with Crippen molar-refractivity contribution in [2.75, 3.05) is 7.11 Å². The third-order valence-corrected chi connectivity index (χ3v) is 5.68. The molecule has 0 fully saturated rings. The average molecular weight is 430 g/mol. The molecule has 1 aromatic heterocycles. The maximum atomic E-state index is 12.4. The van der Waals surface area contributed by atoms with Crippen LogP contribution in [0.1, 0.15) is 21.5 Å².